The number of imide groups is 1. The van der Waals surface area contributed by atoms with E-state index in [9.17, 15) is 14.4 Å². The first-order valence-electron chi connectivity index (χ1n) is 14.2. The maximum Gasteiger partial charge on any atom is 0.243 e. The molecule has 2 amide bonds. The smallest absolute Gasteiger partial charge is 0.243 e. The summed E-state index contributed by atoms with van der Waals surface area (Å²) >= 11 is 0. The molecule has 3 aliphatic heterocycles. The number of aliphatic imine (C=N–C) groups is 1. The van der Waals surface area contributed by atoms with Gasteiger partial charge in [0.1, 0.15) is 12.1 Å². The summed E-state index contributed by atoms with van der Waals surface area (Å²) in [6.45, 7) is 6.60. The molecule has 3 heterocycles. The Kier molecular flexibility index (Phi) is 8.84. The fraction of sp³-hybridized carbons (Fsp3) is 0.484. The second-order valence-corrected chi connectivity index (χ2v) is 10.9. The van der Waals surface area contributed by atoms with Crippen LogP contribution in [0.5, 0.6) is 0 Å². The van der Waals surface area contributed by atoms with Crippen LogP contribution in [0.15, 0.2) is 47.5 Å². The number of piperazine rings is 1. The number of unbranched alkanes of at least 4 members (excludes halogenated alkanes) is 2. The molecule has 2 aromatic carbocycles. The predicted molar refractivity (Wildman–Crippen MR) is 152 cm³/mol. The first kappa shape index (κ1) is 27.2. The van der Waals surface area contributed by atoms with Crippen molar-refractivity contribution in [3.8, 4) is 0 Å². The van der Waals surface area contributed by atoms with Crippen molar-refractivity contribution in [3.63, 3.8) is 0 Å². The zero-order valence-electron chi connectivity index (χ0n) is 22.9. The highest BCUT2D eigenvalue weighted by Gasteiger charge is 2.30. The standard InChI is InChI=1S/C31H39N5O3/c1-34(28-13-14-29(38)33-31(28)39)21-27-23(10-7-11-25(27)22-37)8-3-2-6-15-35-16-18-36(19-17-35)30-26-12-5-4-9-24(26)20-32-30/h4-5,7,9-12,22,28H,2-3,6,8,13-21H2,1H3,(H,33,38,39). The van der Waals surface area contributed by atoms with Gasteiger partial charge in [-0.2, -0.15) is 0 Å². The van der Waals surface area contributed by atoms with Crippen LogP contribution in [0.2, 0.25) is 0 Å². The molecular formula is C31H39N5O3. The lowest BCUT2D eigenvalue weighted by molar-refractivity contribution is -0.137. The van der Waals surface area contributed by atoms with Crippen LogP contribution in [0.25, 0.3) is 0 Å². The average Bonchev–Trinajstić information content (AvgIpc) is 3.38. The molecule has 0 aliphatic carbocycles. The lowest BCUT2D eigenvalue weighted by atomic mass is 9.95. The summed E-state index contributed by atoms with van der Waals surface area (Å²) in [6, 6.07) is 14.1. The van der Waals surface area contributed by atoms with Gasteiger partial charge in [0.25, 0.3) is 0 Å². The van der Waals surface area contributed by atoms with Crippen molar-refractivity contribution in [2.24, 2.45) is 4.99 Å². The van der Waals surface area contributed by atoms with Crippen LogP contribution in [-0.2, 0) is 29.1 Å². The number of rotatable bonds is 10. The number of hydrogen-bond acceptors (Lipinski definition) is 7. The number of piperidine rings is 1. The van der Waals surface area contributed by atoms with E-state index in [2.05, 4.69) is 45.4 Å². The molecule has 1 unspecified atom stereocenters. The van der Waals surface area contributed by atoms with Gasteiger partial charge in [-0.15, -0.1) is 0 Å². The molecule has 1 N–H and O–H groups in total. The normalized spacial score (nSPS) is 19.7. The minimum absolute atomic E-state index is 0.213. The van der Waals surface area contributed by atoms with Crippen molar-refractivity contribution >= 4 is 23.9 Å². The number of aldehydes is 1. The lowest BCUT2D eigenvalue weighted by Crippen LogP contribution is -2.51. The molecule has 0 spiro atoms. The molecule has 2 aromatic rings. The zero-order valence-corrected chi connectivity index (χ0v) is 22.9. The second kappa shape index (κ2) is 12.7. The molecule has 0 bridgehead atoms. The summed E-state index contributed by atoms with van der Waals surface area (Å²) in [4.78, 5) is 47.4. The monoisotopic (exact) mass is 529 g/mol. The third kappa shape index (κ3) is 6.45. The fourth-order valence-corrected chi connectivity index (χ4v) is 6.06. The number of fused-ring (bicyclic) bond motifs is 1. The Morgan fingerprint density at radius 3 is 2.64 bits per heavy atom. The molecule has 8 heteroatoms. The van der Waals surface area contributed by atoms with Crippen molar-refractivity contribution in [2.45, 2.75) is 57.7 Å². The van der Waals surface area contributed by atoms with Gasteiger partial charge < -0.3 is 4.90 Å². The lowest BCUT2D eigenvalue weighted by Gasteiger charge is -2.36. The number of likely N-dealkylation sites (N-methyl/N-ethyl adjacent to an activating group) is 1. The van der Waals surface area contributed by atoms with Gasteiger partial charge in [-0.25, -0.2) is 0 Å². The van der Waals surface area contributed by atoms with Gasteiger partial charge in [0.05, 0.1) is 12.6 Å². The van der Waals surface area contributed by atoms with Crippen LogP contribution in [0.4, 0.5) is 0 Å². The van der Waals surface area contributed by atoms with Gasteiger partial charge in [0.2, 0.25) is 11.8 Å². The Labute approximate surface area is 231 Å². The van der Waals surface area contributed by atoms with E-state index < -0.39 is 0 Å². The van der Waals surface area contributed by atoms with Crippen molar-refractivity contribution in [3.05, 3.63) is 70.3 Å². The van der Waals surface area contributed by atoms with Crippen molar-refractivity contribution in [1.82, 2.24) is 20.0 Å². The summed E-state index contributed by atoms with van der Waals surface area (Å²) in [7, 11) is 1.89. The quantitative estimate of drug-likeness (QED) is 0.289. The van der Waals surface area contributed by atoms with Crippen LogP contribution in [0, 0.1) is 0 Å². The largest absolute Gasteiger partial charge is 0.354 e. The molecule has 206 valence electrons. The van der Waals surface area contributed by atoms with Crippen molar-refractivity contribution in [1.29, 1.82) is 0 Å². The summed E-state index contributed by atoms with van der Waals surface area (Å²) in [5, 5.41) is 2.43. The van der Waals surface area contributed by atoms with Crippen LogP contribution >= 0.6 is 0 Å². The van der Waals surface area contributed by atoms with Crippen LogP contribution in [0.3, 0.4) is 0 Å². The minimum atomic E-state index is -0.355. The van der Waals surface area contributed by atoms with Gasteiger partial charge in [-0.05, 0) is 56.0 Å². The van der Waals surface area contributed by atoms with Crippen LogP contribution in [0.1, 0.15) is 64.7 Å². The molecule has 0 aromatic heterocycles. The third-order valence-electron chi connectivity index (χ3n) is 8.34. The van der Waals surface area contributed by atoms with Crippen LogP contribution in [-0.4, -0.2) is 84.4 Å². The molecule has 1 atom stereocenters. The maximum atomic E-state index is 12.3. The van der Waals surface area contributed by atoms with E-state index in [-0.39, 0.29) is 17.9 Å². The van der Waals surface area contributed by atoms with E-state index in [0.717, 1.165) is 76.8 Å². The number of aryl methyl sites for hydroxylation is 1. The highest BCUT2D eigenvalue weighted by Crippen LogP contribution is 2.23. The molecule has 8 nitrogen and oxygen atoms in total. The number of carbonyl (C=O) groups excluding carboxylic acids is 3. The van der Waals surface area contributed by atoms with E-state index in [1.807, 2.05) is 24.1 Å². The van der Waals surface area contributed by atoms with Crippen LogP contribution < -0.4 is 5.32 Å². The Hall–Kier alpha value is -3.36. The highest BCUT2D eigenvalue weighted by molar-refractivity contribution is 6.02. The SMILES string of the molecule is CN(Cc1c(C=O)cccc1CCCCCN1CCN(C2=NCc3ccccc32)CC1)C1CCC(=O)NC1=O. The van der Waals surface area contributed by atoms with E-state index in [0.29, 0.717) is 24.9 Å². The van der Waals surface area contributed by atoms with Crippen molar-refractivity contribution < 1.29 is 14.4 Å². The molecule has 0 saturated carbocycles. The van der Waals surface area contributed by atoms with Crippen molar-refractivity contribution in [2.75, 3.05) is 39.8 Å². The number of nitrogens with zero attached hydrogens (tertiary/aromatic N) is 4. The van der Waals surface area contributed by atoms with Gasteiger partial charge in [0, 0.05) is 50.3 Å². The molecule has 2 fully saturated rings. The first-order valence-corrected chi connectivity index (χ1v) is 14.2. The fourth-order valence-electron chi connectivity index (χ4n) is 6.06. The average molecular weight is 530 g/mol. The second-order valence-electron chi connectivity index (χ2n) is 10.9. The van der Waals surface area contributed by atoms with E-state index in [4.69, 9.17) is 4.99 Å². The molecule has 0 radical (unpaired) electrons. The Balaban J connectivity index is 1.07. The summed E-state index contributed by atoms with van der Waals surface area (Å²) < 4.78 is 0. The zero-order chi connectivity index (χ0) is 27.2. The number of amidine groups is 1. The topological polar surface area (TPSA) is 85.3 Å². The Morgan fingerprint density at radius 2 is 1.85 bits per heavy atom. The predicted octanol–water partition coefficient (Wildman–Crippen LogP) is 3.03. The number of nitrogens with one attached hydrogen (secondary N) is 1. The number of carbonyl (C=O) groups is 3. The molecule has 3 aliphatic rings. The van der Waals surface area contributed by atoms with Gasteiger partial charge in [-0.3, -0.25) is 34.5 Å². The molecule has 5 rings (SSSR count). The maximum absolute atomic E-state index is 12.3. The summed E-state index contributed by atoms with van der Waals surface area (Å²) in [5.41, 5.74) is 5.47. The summed E-state index contributed by atoms with van der Waals surface area (Å²) in [6.07, 6.45) is 6.03. The molecule has 2 saturated heterocycles. The van der Waals surface area contributed by atoms with Gasteiger partial charge in [0.15, 0.2) is 0 Å². The summed E-state index contributed by atoms with van der Waals surface area (Å²) in [5.74, 6) is 0.706. The van der Waals surface area contributed by atoms with E-state index in [1.54, 1.807) is 0 Å². The Bertz CT molecular complexity index is 1230. The molecular weight excluding hydrogens is 490 g/mol. The third-order valence-corrected chi connectivity index (χ3v) is 8.34. The molecule has 39 heavy (non-hydrogen) atoms. The van der Waals surface area contributed by atoms with Gasteiger partial charge >= 0.3 is 0 Å². The highest BCUT2D eigenvalue weighted by atomic mass is 16.2. The van der Waals surface area contributed by atoms with E-state index >= 15 is 0 Å². The van der Waals surface area contributed by atoms with Gasteiger partial charge in [-0.1, -0.05) is 48.9 Å². The number of hydrogen-bond donors (Lipinski definition) is 1. The first-order chi connectivity index (χ1) is 19.0. The number of benzene rings is 2. The minimum Gasteiger partial charge on any atom is -0.354 e. The number of amides is 2. The van der Waals surface area contributed by atoms with E-state index in [1.165, 1.54) is 22.5 Å². The Morgan fingerprint density at radius 1 is 1.03 bits per heavy atom.